The van der Waals surface area contributed by atoms with Crippen LogP contribution in [0, 0.1) is 0 Å². The molecule has 0 aliphatic carbocycles. The zero-order chi connectivity index (χ0) is 16.4. The molecule has 0 aromatic carbocycles. The average Bonchev–Trinajstić information content (AvgIpc) is 2.89. The van der Waals surface area contributed by atoms with Crippen LogP contribution in [0.3, 0.4) is 0 Å². The minimum Gasteiger partial charge on any atom is -0.367 e. The fraction of sp³-hybridized carbons (Fsp3) is 0.800. The van der Waals surface area contributed by atoms with Gasteiger partial charge in [0.05, 0.1) is 23.0 Å². The van der Waals surface area contributed by atoms with Crippen molar-refractivity contribution in [2.24, 2.45) is 0 Å². The van der Waals surface area contributed by atoms with E-state index in [9.17, 15) is 16.8 Å². The minimum atomic E-state index is -2.93. The molecule has 126 valence electrons. The van der Waals surface area contributed by atoms with Gasteiger partial charge >= 0.3 is 0 Å². The third-order valence-electron chi connectivity index (χ3n) is 3.30. The molecule has 0 radical (unpaired) electrons. The Morgan fingerprint density at radius 2 is 1.18 bits per heavy atom. The summed E-state index contributed by atoms with van der Waals surface area (Å²) in [4.78, 5) is 0. The third kappa shape index (κ3) is 6.11. The normalized spacial score (nSPS) is 29.1. The molecule has 22 heavy (non-hydrogen) atoms. The maximum atomic E-state index is 11.4. The fourth-order valence-electron chi connectivity index (χ4n) is 2.27. The molecule has 0 aromatic heterocycles. The van der Waals surface area contributed by atoms with Gasteiger partial charge in [-0.15, -0.1) is 0 Å². The maximum Gasteiger partial charge on any atom is 0.152 e. The first-order valence-electron chi connectivity index (χ1n) is 6.51. The number of hydrogen-bond acceptors (Lipinski definition) is 8. The van der Waals surface area contributed by atoms with Gasteiger partial charge in [0.25, 0.3) is 0 Å². The second kappa shape index (κ2) is 7.51. The summed E-state index contributed by atoms with van der Waals surface area (Å²) in [5, 5.41) is 6.02. The van der Waals surface area contributed by atoms with Crippen molar-refractivity contribution in [1.29, 1.82) is 0 Å². The van der Waals surface area contributed by atoms with Crippen LogP contribution in [0.1, 0.15) is 12.8 Å². The highest BCUT2D eigenvalue weighted by atomic mass is 33.1. The Hall–Kier alpha value is 0.380. The smallest absolute Gasteiger partial charge is 0.152 e. The van der Waals surface area contributed by atoms with Crippen molar-refractivity contribution in [2.45, 2.75) is 24.9 Å². The summed E-state index contributed by atoms with van der Waals surface area (Å²) in [5.74, 6) is 0.615. The lowest BCUT2D eigenvalue weighted by atomic mass is 10.3. The second-order valence-corrected chi connectivity index (χ2v) is 13.2. The molecule has 2 aliphatic rings. The van der Waals surface area contributed by atoms with Gasteiger partial charge in [-0.1, -0.05) is 24.4 Å². The van der Waals surface area contributed by atoms with E-state index in [-0.39, 0.29) is 35.1 Å². The first-order valence-corrected chi connectivity index (χ1v) is 13.1. The molecule has 0 bridgehead atoms. The molecule has 2 rings (SSSR count). The standard InChI is InChI=1S/C10H16N2O4S6/c13-21(14)3-1-7(5-21)11-9(17)19-20-10(18)12-8-2-4-22(15,16)6-8/h7-8H,1-6H2,(H,11,17)(H,12,18). The van der Waals surface area contributed by atoms with Crippen LogP contribution in [0.25, 0.3) is 0 Å². The van der Waals surface area contributed by atoms with Crippen LogP contribution in [-0.4, -0.2) is 60.6 Å². The molecule has 6 nitrogen and oxygen atoms in total. The van der Waals surface area contributed by atoms with Crippen molar-refractivity contribution in [3.8, 4) is 0 Å². The molecule has 2 aliphatic heterocycles. The number of nitrogens with one attached hydrogen (secondary N) is 2. The molecule has 2 unspecified atom stereocenters. The van der Waals surface area contributed by atoms with Gasteiger partial charge in [0.1, 0.15) is 8.64 Å². The molecule has 12 heteroatoms. The van der Waals surface area contributed by atoms with Crippen LogP contribution in [0.4, 0.5) is 0 Å². The van der Waals surface area contributed by atoms with E-state index < -0.39 is 19.7 Å². The molecule has 0 aromatic rings. The van der Waals surface area contributed by atoms with E-state index in [1.807, 2.05) is 0 Å². The highest BCUT2D eigenvalue weighted by Gasteiger charge is 2.29. The second-order valence-electron chi connectivity index (χ2n) is 5.23. The molecule has 2 saturated heterocycles. The van der Waals surface area contributed by atoms with Crippen molar-refractivity contribution in [3.05, 3.63) is 0 Å². The Labute approximate surface area is 149 Å². The number of rotatable bonds is 2. The monoisotopic (exact) mass is 420 g/mol. The van der Waals surface area contributed by atoms with Crippen molar-refractivity contribution in [3.63, 3.8) is 0 Å². The van der Waals surface area contributed by atoms with E-state index >= 15 is 0 Å². The number of sulfone groups is 2. The molecule has 0 spiro atoms. The molecule has 0 saturated carbocycles. The SMILES string of the molecule is O=S1(=O)CCC(NC(=S)SSC(=S)NC2CCS(=O)(=O)C2)C1. The third-order valence-corrected chi connectivity index (χ3v) is 10.1. The van der Waals surface area contributed by atoms with E-state index in [2.05, 4.69) is 10.6 Å². The van der Waals surface area contributed by atoms with Gasteiger partial charge in [0, 0.05) is 12.1 Å². The van der Waals surface area contributed by atoms with E-state index in [0.29, 0.717) is 21.5 Å². The van der Waals surface area contributed by atoms with Gasteiger partial charge in [0.15, 0.2) is 19.7 Å². The molecule has 2 atom stereocenters. The van der Waals surface area contributed by atoms with Gasteiger partial charge in [-0.3, -0.25) is 0 Å². The van der Waals surface area contributed by atoms with Crippen LogP contribution < -0.4 is 10.6 Å². The largest absolute Gasteiger partial charge is 0.367 e. The quantitative estimate of drug-likeness (QED) is 0.486. The van der Waals surface area contributed by atoms with Crippen LogP contribution in [0.15, 0.2) is 0 Å². The Kier molecular flexibility index (Phi) is 6.39. The van der Waals surface area contributed by atoms with Crippen LogP contribution in [-0.2, 0) is 19.7 Å². The van der Waals surface area contributed by atoms with Gasteiger partial charge in [0.2, 0.25) is 0 Å². The summed E-state index contributed by atoms with van der Waals surface area (Å²) >= 11 is 10.3. The lowest BCUT2D eigenvalue weighted by Gasteiger charge is -2.14. The van der Waals surface area contributed by atoms with Crippen molar-refractivity contribution < 1.29 is 16.8 Å². The average molecular weight is 421 g/mol. The summed E-state index contributed by atoms with van der Waals surface area (Å²) in [6, 6.07) is -0.265. The topological polar surface area (TPSA) is 92.3 Å². The molecule has 2 fully saturated rings. The van der Waals surface area contributed by atoms with Gasteiger partial charge < -0.3 is 10.6 Å². The Balaban J connectivity index is 1.67. The Morgan fingerprint density at radius 1 is 0.818 bits per heavy atom. The first kappa shape index (κ1) is 18.7. The summed E-state index contributed by atoms with van der Waals surface area (Å²) in [6.45, 7) is 0. The Bertz CT molecular complexity index is 601. The maximum absolute atomic E-state index is 11.4. The number of thiocarbonyl (C=S) groups is 2. The summed E-state index contributed by atoms with van der Waals surface area (Å²) < 4.78 is 46.4. The highest BCUT2D eigenvalue weighted by Crippen LogP contribution is 2.25. The molecule has 0 amide bonds. The summed E-state index contributed by atoms with van der Waals surface area (Å²) in [7, 11) is -3.38. The van der Waals surface area contributed by atoms with E-state index in [0.717, 1.165) is 0 Å². The van der Waals surface area contributed by atoms with E-state index in [1.54, 1.807) is 0 Å². The number of hydrogen-bond donors (Lipinski definition) is 2. The molecular weight excluding hydrogens is 405 g/mol. The predicted molar refractivity (Wildman–Crippen MR) is 101 cm³/mol. The zero-order valence-electron chi connectivity index (χ0n) is 11.5. The predicted octanol–water partition coefficient (Wildman–Crippen LogP) is 0.491. The van der Waals surface area contributed by atoms with Crippen LogP contribution in [0.5, 0.6) is 0 Å². The molecule has 2 heterocycles. The molecule has 2 N–H and O–H groups in total. The summed E-state index contributed by atoms with van der Waals surface area (Å²) in [5.41, 5.74) is 0. The van der Waals surface area contributed by atoms with Gasteiger partial charge in [-0.2, -0.15) is 0 Å². The van der Waals surface area contributed by atoms with Gasteiger partial charge in [-0.05, 0) is 34.4 Å². The lowest BCUT2D eigenvalue weighted by Crippen LogP contribution is -2.34. The van der Waals surface area contributed by atoms with Crippen molar-refractivity contribution in [1.82, 2.24) is 10.6 Å². The van der Waals surface area contributed by atoms with Crippen molar-refractivity contribution in [2.75, 3.05) is 23.0 Å². The van der Waals surface area contributed by atoms with Crippen LogP contribution >= 0.6 is 46.0 Å². The van der Waals surface area contributed by atoms with E-state index in [1.165, 1.54) is 21.6 Å². The Morgan fingerprint density at radius 3 is 1.45 bits per heavy atom. The highest BCUT2D eigenvalue weighted by molar-refractivity contribution is 8.89. The minimum absolute atomic E-state index is 0.112. The lowest BCUT2D eigenvalue weighted by molar-refractivity contribution is 0.598. The van der Waals surface area contributed by atoms with Crippen LogP contribution in [0.2, 0.25) is 0 Å². The summed E-state index contributed by atoms with van der Waals surface area (Å²) in [6.07, 6.45) is 1.13. The van der Waals surface area contributed by atoms with Crippen molar-refractivity contribution >= 4 is 74.3 Å². The van der Waals surface area contributed by atoms with E-state index in [4.69, 9.17) is 24.4 Å². The van der Waals surface area contributed by atoms with Gasteiger partial charge in [-0.25, -0.2) is 16.8 Å². The first-order chi connectivity index (χ1) is 10.2. The molecular formula is C10H16N2O4S6. The zero-order valence-corrected chi connectivity index (χ0v) is 16.4. The fourth-order valence-corrected chi connectivity index (χ4v) is 7.89.